The molecular weight excluding hydrogens is 178 g/mol. The van der Waals surface area contributed by atoms with Gasteiger partial charge in [-0.15, -0.1) is 0 Å². The molecular formula is C11H9NO2. The summed E-state index contributed by atoms with van der Waals surface area (Å²) in [7, 11) is 0. The summed E-state index contributed by atoms with van der Waals surface area (Å²) in [4.78, 5) is 4.36. The number of hydrogen-bond donors (Lipinski definition) is 1. The van der Waals surface area contributed by atoms with E-state index in [9.17, 15) is 5.11 Å². The second-order valence-corrected chi connectivity index (χ2v) is 3.39. The minimum absolute atomic E-state index is 0.453. The first-order valence-corrected chi connectivity index (χ1v) is 4.53. The summed E-state index contributed by atoms with van der Waals surface area (Å²) in [6, 6.07) is 9.87. The van der Waals surface area contributed by atoms with Crippen LogP contribution in [-0.4, -0.2) is 10.1 Å². The normalized spacial score (nSPS) is 19.9. The van der Waals surface area contributed by atoms with Crippen molar-refractivity contribution < 1.29 is 9.84 Å². The number of benzene rings is 1. The summed E-state index contributed by atoms with van der Waals surface area (Å²) in [6.45, 7) is 0.453. The van der Waals surface area contributed by atoms with Gasteiger partial charge in [-0.1, -0.05) is 18.2 Å². The van der Waals surface area contributed by atoms with Gasteiger partial charge in [0, 0.05) is 10.9 Å². The first-order chi connectivity index (χ1) is 6.84. The van der Waals surface area contributed by atoms with Crippen LogP contribution in [0.3, 0.4) is 0 Å². The quantitative estimate of drug-likeness (QED) is 0.683. The number of aromatic nitrogens is 1. The van der Waals surface area contributed by atoms with E-state index in [-0.39, 0.29) is 0 Å². The Morgan fingerprint density at radius 2 is 2.21 bits per heavy atom. The Kier molecular flexibility index (Phi) is 1.56. The van der Waals surface area contributed by atoms with E-state index in [4.69, 9.17) is 4.74 Å². The molecule has 1 unspecified atom stereocenters. The maximum absolute atomic E-state index is 9.46. The first kappa shape index (κ1) is 7.91. The molecule has 14 heavy (non-hydrogen) atoms. The van der Waals surface area contributed by atoms with Crippen LogP contribution in [0.1, 0.15) is 17.5 Å². The molecule has 0 amide bonds. The van der Waals surface area contributed by atoms with Crippen LogP contribution < -0.4 is 0 Å². The van der Waals surface area contributed by atoms with Crippen molar-refractivity contribution in [3.05, 3.63) is 41.6 Å². The van der Waals surface area contributed by atoms with Gasteiger partial charge in [0.1, 0.15) is 5.69 Å². The van der Waals surface area contributed by atoms with Gasteiger partial charge in [-0.3, -0.25) is 0 Å². The highest BCUT2D eigenvalue weighted by atomic mass is 16.6. The lowest BCUT2D eigenvalue weighted by Gasteiger charge is -2.02. The number of ether oxygens (including phenoxy) is 1. The molecule has 3 rings (SSSR count). The molecule has 0 fully saturated rings. The second-order valence-electron chi connectivity index (χ2n) is 3.39. The van der Waals surface area contributed by atoms with Gasteiger partial charge >= 0.3 is 0 Å². The Balaban J connectivity index is 2.33. The second kappa shape index (κ2) is 2.77. The number of para-hydroxylation sites is 1. The van der Waals surface area contributed by atoms with E-state index in [1.54, 1.807) is 0 Å². The number of aliphatic hydroxyl groups is 1. The standard InChI is InChI=1S/C11H9NO2/c13-11-10-8(6-14-11)5-7-3-1-2-4-9(7)12-10/h1-5,11,13H,6H2. The van der Waals surface area contributed by atoms with Crippen molar-refractivity contribution in [3.8, 4) is 0 Å². The van der Waals surface area contributed by atoms with E-state index in [1.807, 2.05) is 30.3 Å². The highest BCUT2D eigenvalue weighted by molar-refractivity contribution is 5.79. The fourth-order valence-electron chi connectivity index (χ4n) is 1.75. The molecule has 1 aliphatic heterocycles. The molecule has 1 N–H and O–H groups in total. The van der Waals surface area contributed by atoms with Crippen molar-refractivity contribution in [2.75, 3.05) is 0 Å². The van der Waals surface area contributed by atoms with Crippen LogP contribution in [0.25, 0.3) is 10.9 Å². The molecule has 1 aromatic carbocycles. The predicted molar refractivity (Wildman–Crippen MR) is 51.5 cm³/mol. The Bertz CT molecular complexity index is 496. The molecule has 70 valence electrons. The van der Waals surface area contributed by atoms with Crippen molar-refractivity contribution in [2.45, 2.75) is 12.9 Å². The third-order valence-corrected chi connectivity index (χ3v) is 2.47. The average Bonchev–Trinajstić information content (AvgIpc) is 2.57. The fraction of sp³-hybridized carbons (Fsp3) is 0.182. The maximum Gasteiger partial charge on any atom is 0.199 e. The van der Waals surface area contributed by atoms with E-state index >= 15 is 0 Å². The molecule has 0 saturated carbocycles. The number of fused-ring (bicyclic) bond motifs is 2. The summed E-state index contributed by atoms with van der Waals surface area (Å²) in [5, 5.41) is 10.5. The Morgan fingerprint density at radius 3 is 3.14 bits per heavy atom. The van der Waals surface area contributed by atoms with Gasteiger partial charge in [0.25, 0.3) is 0 Å². The van der Waals surface area contributed by atoms with Crippen LogP contribution >= 0.6 is 0 Å². The van der Waals surface area contributed by atoms with Gasteiger partial charge in [0.05, 0.1) is 12.1 Å². The van der Waals surface area contributed by atoms with Gasteiger partial charge in [0.2, 0.25) is 0 Å². The van der Waals surface area contributed by atoms with E-state index in [0.717, 1.165) is 16.5 Å². The van der Waals surface area contributed by atoms with Crippen molar-refractivity contribution in [3.63, 3.8) is 0 Å². The molecule has 0 radical (unpaired) electrons. The number of rotatable bonds is 0. The van der Waals surface area contributed by atoms with Gasteiger partial charge in [-0.25, -0.2) is 4.98 Å². The van der Waals surface area contributed by atoms with Crippen LogP contribution in [0.15, 0.2) is 30.3 Å². The molecule has 3 heteroatoms. The fourth-order valence-corrected chi connectivity index (χ4v) is 1.75. The van der Waals surface area contributed by atoms with E-state index < -0.39 is 6.29 Å². The minimum Gasteiger partial charge on any atom is -0.363 e. The maximum atomic E-state index is 9.46. The highest BCUT2D eigenvalue weighted by Gasteiger charge is 2.22. The Labute approximate surface area is 81.0 Å². The van der Waals surface area contributed by atoms with Crippen molar-refractivity contribution >= 4 is 10.9 Å². The molecule has 1 aromatic heterocycles. The van der Waals surface area contributed by atoms with E-state index in [2.05, 4.69) is 4.98 Å². The third-order valence-electron chi connectivity index (χ3n) is 2.47. The summed E-state index contributed by atoms with van der Waals surface area (Å²) in [5.74, 6) is 0. The van der Waals surface area contributed by atoms with Crippen LogP contribution in [0, 0.1) is 0 Å². The van der Waals surface area contributed by atoms with Crippen molar-refractivity contribution in [2.24, 2.45) is 0 Å². The van der Waals surface area contributed by atoms with Crippen molar-refractivity contribution in [1.82, 2.24) is 4.98 Å². The molecule has 0 bridgehead atoms. The summed E-state index contributed by atoms with van der Waals surface area (Å²) < 4.78 is 5.09. The van der Waals surface area contributed by atoms with E-state index in [0.29, 0.717) is 12.3 Å². The zero-order valence-corrected chi connectivity index (χ0v) is 7.47. The largest absolute Gasteiger partial charge is 0.363 e. The van der Waals surface area contributed by atoms with E-state index in [1.165, 1.54) is 0 Å². The minimum atomic E-state index is -0.852. The summed E-state index contributed by atoms with van der Waals surface area (Å²) in [6.07, 6.45) is -0.852. The topological polar surface area (TPSA) is 42.4 Å². The van der Waals surface area contributed by atoms with Gasteiger partial charge in [-0.2, -0.15) is 0 Å². The molecule has 0 aliphatic carbocycles. The lowest BCUT2D eigenvalue weighted by molar-refractivity contribution is -0.0937. The number of hydrogen-bond acceptors (Lipinski definition) is 3. The molecule has 3 nitrogen and oxygen atoms in total. The first-order valence-electron chi connectivity index (χ1n) is 4.53. The summed E-state index contributed by atoms with van der Waals surface area (Å²) >= 11 is 0. The molecule has 2 aromatic rings. The molecule has 1 aliphatic rings. The predicted octanol–water partition coefficient (Wildman–Crippen LogP) is 1.76. The zero-order valence-electron chi connectivity index (χ0n) is 7.47. The highest BCUT2D eigenvalue weighted by Crippen LogP contribution is 2.29. The molecule has 1 atom stereocenters. The van der Waals surface area contributed by atoms with Gasteiger partial charge in [-0.05, 0) is 12.1 Å². The number of nitrogens with zero attached hydrogens (tertiary/aromatic N) is 1. The Morgan fingerprint density at radius 1 is 1.36 bits per heavy atom. The SMILES string of the molecule is OC1OCc2cc3ccccc3nc21. The number of aliphatic hydroxyl groups excluding tert-OH is 1. The molecule has 0 saturated heterocycles. The lowest BCUT2D eigenvalue weighted by atomic mass is 10.1. The van der Waals surface area contributed by atoms with Crippen molar-refractivity contribution in [1.29, 1.82) is 0 Å². The average molecular weight is 187 g/mol. The Hall–Kier alpha value is -1.45. The van der Waals surface area contributed by atoms with Crippen LogP contribution in [0.4, 0.5) is 0 Å². The monoisotopic (exact) mass is 187 g/mol. The third kappa shape index (κ3) is 1.03. The number of pyridine rings is 1. The zero-order chi connectivity index (χ0) is 9.54. The molecule has 0 spiro atoms. The van der Waals surface area contributed by atoms with Crippen LogP contribution in [-0.2, 0) is 11.3 Å². The van der Waals surface area contributed by atoms with Gasteiger partial charge in [0.15, 0.2) is 6.29 Å². The summed E-state index contributed by atoms with van der Waals surface area (Å²) in [5.41, 5.74) is 2.54. The smallest absolute Gasteiger partial charge is 0.199 e. The van der Waals surface area contributed by atoms with Crippen LogP contribution in [0.2, 0.25) is 0 Å². The molecule has 2 heterocycles. The van der Waals surface area contributed by atoms with Gasteiger partial charge < -0.3 is 9.84 Å². The van der Waals surface area contributed by atoms with Crippen LogP contribution in [0.5, 0.6) is 0 Å². The lowest BCUT2D eigenvalue weighted by Crippen LogP contribution is -1.96.